The molecule has 0 spiro atoms. The van der Waals surface area contributed by atoms with Gasteiger partial charge in [0.1, 0.15) is 6.61 Å². The summed E-state index contributed by atoms with van der Waals surface area (Å²) < 4.78 is 5.61. The van der Waals surface area contributed by atoms with E-state index in [9.17, 15) is 9.90 Å². The minimum atomic E-state index is -0.468. The molecule has 28 heavy (non-hydrogen) atoms. The number of nitrogens with one attached hydrogen (secondary N) is 1. The van der Waals surface area contributed by atoms with Gasteiger partial charge in [-0.25, -0.2) is 4.79 Å². The highest BCUT2D eigenvalue weighted by atomic mass is 16.5. The normalized spacial score (nSPS) is 13.5. The summed E-state index contributed by atoms with van der Waals surface area (Å²) in [5.41, 5.74) is 5.73. The van der Waals surface area contributed by atoms with Crippen LogP contribution in [0.1, 0.15) is 35.1 Å². The van der Waals surface area contributed by atoms with Crippen LogP contribution in [0.4, 0.5) is 4.79 Å². The molecule has 3 aromatic carbocycles. The Morgan fingerprint density at radius 1 is 0.893 bits per heavy atom. The van der Waals surface area contributed by atoms with Crippen LogP contribution in [0.25, 0.3) is 11.1 Å². The lowest BCUT2D eigenvalue weighted by molar-refractivity contribution is 0.136. The second-order valence-electron chi connectivity index (χ2n) is 6.95. The van der Waals surface area contributed by atoms with E-state index >= 15 is 0 Å². The van der Waals surface area contributed by atoms with Crippen LogP contribution in [0, 0.1) is 0 Å². The van der Waals surface area contributed by atoms with Gasteiger partial charge in [-0.2, -0.15) is 0 Å². The summed E-state index contributed by atoms with van der Waals surface area (Å²) >= 11 is 0. The molecule has 142 valence electrons. The van der Waals surface area contributed by atoms with Gasteiger partial charge in [-0.1, -0.05) is 78.9 Å². The Bertz CT molecular complexity index is 909. The molecule has 4 heteroatoms. The van der Waals surface area contributed by atoms with E-state index in [0.29, 0.717) is 6.42 Å². The molecule has 0 bridgehead atoms. The highest BCUT2D eigenvalue weighted by molar-refractivity contribution is 5.79. The number of fused-ring (bicyclic) bond motifs is 3. The average Bonchev–Trinajstić information content (AvgIpc) is 3.06. The fraction of sp³-hybridized carbons (Fsp3) is 0.208. The Balaban J connectivity index is 1.46. The van der Waals surface area contributed by atoms with Crippen molar-refractivity contribution in [3.8, 4) is 11.1 Å². The summed E-state index contributed by atoms with van der Waals surface area (Å²) in [5, 5.41) is 12.2. The van der Waals surface area contributed by atoms with E-state index in [-0.39, 0.29) is 25.2 Å². The number of aliphatic hydroxyl groups excluding tert-OH is 1. The van der Waals surface area contributed by atoms with Gasteiger partial charge in [-0.05, 0) is 34.2 Å². The molecule has 0 fully saturated rings. The van der Waals surface area contributed by atoms with Crippen LogP contribution in [0.2, 0.25) is 0 Å². The quantitative estimate of drug-likeness (QED) is 0.661. The van der Waals surface area contributed by atoms with E-state index in [1.165, 1.54) is 22.3 Å². The van der Waals surface area contributed by atoms with Gasteiger partial charge in [0.25, 0.3) is 0 Å². The molecule has 4 nitrogen and oxygen atoms in total. The van der Waals surface area contributed by atoms with Gasteiger partial charge in [0.05, 0.1) is 6.04 Å². The van der Waals surface area contributed by atoms with Crippen molar-refractivity contribution >= 4 is 6.09 Å². The van der Waals surface area contributed by atoms with Gasteiger partial charge < -0.3 is 15.2 Å². The van der Waals surface area contributed by atoms with Gasteiger partial charge in [0, 0.05) is 12.5 Å². The molecule has 3 aromatic rings. The molecule has 4 rings (SSSR count). The molecule has 2 N–H and O–H groups in total. The van der Waals surface area contributed by atoms with Crippen molar-refractivity contribution in [1.82, 2.24) is 5.32 Å². The second-order valence-corrected chi connectivity index (χ2v) is 6.95. The highest BCUT2D eigenvalue weighted by Gasteiger charge is 2.29. The summed E-state index contributed by atoms with van der Waals surface area (Å²) in [5.74, 6) is 0.0335. The number of amides is 1. The monoisotopic (exact) mass is 373 g/mol. The lowest BCUT2D eigenvalue weighted by atomic mass is 9.98. The van der Waals surface area contributed by atoms with E-state index in [2.05, 4.69) is 29.6 Å². The first-order valence-electron chi connectivity index (χ1n) is 9.55. The average molecular weight is 373 g/mol. The Hall–Kier alpha value is -3.11. The Labute approximate surface area is 164 Å². The van der Waals surface area contributed by atoms with Gasteiger partial charge >= 0.3 is 6.09 Å². The molecule has 1 aliphatic carbocycles. The lowest BCUT2D eigenvalue weighted by Crippen LogP contribution is -2.30. The molecule has 0 unspecified atom stereocenters. The minimum absolute atomic E-state index is 0.0107. The number of alkyl carbamates (subject to hydrolysis) is 1. The first-order chi connectivity index (χ1) is 13.8. The molecular weight excluding hydrogens is 350 g/mol. The van der Waals surface area contributed by atoms with Crippen molar-refractivity contribution < 1.29 is 14.6 Å². The summed E-state index contributed by atoms with van der Waals surface area (Å²) in [7, 11) is 0. The third-order valence-electron chi connectivity index (χ3n) is 5.26. The van der Waals surface area contributed by atoms with Crippen molar-refractivity contribution in [1.29, 1.82) is 0 Å². The fourth-order valence-electron chi connectivity index (χ4n) is 3.92. The van der Waals surface area contributed by atoms with E-state index < -0.39 is 6.09 Å². The van der Waals surface area contributed by atoms with E-state index in [1.807, 2.05) is 54.6 Å². The molecule has 0 saturated carbocycles. The molecule has 0 saturated heterocycles. The summed E-state index contributed by atoms with van der Waals surface area (Å²) in [4.78, 5) is 12.5. The van der Waals surface area contributed by atoms with Crippen molar-refractivity contribution in [2.45, 2.75) is 18.4 Å². The Kier molecular flexibility index (Phi) is 5.40. The number of hydrogen-bond acceptors (Lipinski definition) is 3. The second kappa shape index (κ2) is 8.28. The molecular formula is C24H23NO3. The maximum absolute atomic E-state index is 12.5. The molecule has 0 radical (unpaired) electrons. The van der Waals surface area contributed by atoms with E-state index in [1.54, 1.807) is 0 Å². The SMILES string of the molecule is O=C(N[C@@H](CCO)c1ccccc1)OCC1c2ccccc2-c2ccccc21. The van der Waals surface area contributed by atoms with Crippen LogP contribution in [0.3, 0.4) is 0 Å². The Morgan fingerprint density at radius 3 is 2.07 bits per heavy atom. The van der Waals surface area contributed by atoms with Gasteiger partial charge in [-0.3, -0.25) is 0 Å². The van der Waals surface area contributed by atoms with Crippen molar-refractivity contribution in [3.63, 3.8) is 0 Å². The topological polar surface area (TPSA) is 58.6 Å². The third-order valence-corrected chi connectivity index (χ3v) is 5.26. The molecule has 1 aliphatic rings. The summed E-state index contributed by atoms with van der Waals surface area (Å²) in [6.45, 7) is 0.268. The molecule has 0 heterocycles. The largest absolute Gasteiger partial charge is 0.449 e. The molecule has 1 atom stereocenters. The predicted molar refractivity (Wildman–Crippen MR) is 109 cm³/mol. The van der Waals surface area contributed by atoms with Crippen molar-refractivity contribution in [2.24, 2.45) is 0 Å². The van der Waals surface area contributed by atoms with Crippen molar-refractivity contribution in [3.05, 3.63) is 95.6 Å². The zero-order valence-corrected chi connectivity index (χ0v) is 15.5. The van der Waals surface area contributed by atoms with Crippen LogP contribution in [0.15, 0.2) is 78.9 Å². The number of carbonyl (C=O) groups is 1. The van der Waals surface area contributed by atoms with Crippen LogP contribution in [-0.4, -0.2) is 24.4 Å². The van der Waals surface area contributed by atoms with Crippen LogP contribution in [-0.2, 0) is 4.74 Å². The van der Waals surface area contributed by atoms with E-state index in [4.69, 9.17) is 4.74 Å². The highest BCUT2D eigenvalue weighted by Crippen LogP contribution is 2.44. The number of aliphatic hydroxyl groups is 1. The fourth-order valence-corrected chi connectivity index (χ4v) is 3.92. The van der Waals surface area contributed by atoms with Crippen LogP contribution >= 0.6 is 0 Å². The maximum Gasteiger partial charge on any atom is 0.407 e. The van der Waals surface area contributed by atoms with Gasteiger partial charge in [0.2, 0.25) is 0 Å². The third kappa shape index (κ3) is 3.64. The summed E-state index contributed by atoms with van der Waals surface area (Å²) in [6.07, 6.45) is -0.0297. The number of benzene rings is 3. The van der Waals surface area contributed by atoms with Gasteiger partial charge in [-0.15, -0.1) is 0 Å². The predicted octanol–water partition coefficient (Wildman–Crippen LogP) is 4.65. The smallest absolute Gasteiger partial charge is 0.407 e. The first-order valence-corrected chi connectivity index (χ1v) is 9.55. The zero-order chi connectivity index (χ0) is 19.3. The van der Waals surface area contributed by atoms with Crippen LogP contribution < -0.4 is 5.32 Å². The Morgan fingerprint density at radius 2 is 1.46 bits per heavy atom. The standard InChI is InChI=1S/C24H23NO3/c26-15-14-23(17-8-2-1-3-9-17)25-24(27)28-16-22-20-12-6-4-10-18(20)19-11-5-7-13-21(19)22/h1-13,22-23,26H,14-16H2,(H,25,27)/t23-/m0/s1. The molecule has 0 aromatic heterocycles. The number of rotatable bonds is 6. The maximum atomic E-state index is 12.5. The van der Waals surface area contributed by atoms with Gasteiger partial charge in [0.15, 0.2) is 0 Å². The number of carbonyl (C=O) groups excluding carboxylic acids is 1. The van der Waals surface area contributed by atoms with Crippen LogP contribution in [0.5, 0.6) is 0 Å². The zero-order valence-electron chi connectivity index (χ0n) is 15.5. The molecule has 1 amide bonds. The first kappa shape index (κ1) is 18.3. The summed E-state index contributed by atoms with van der Waals surface area (Å²) in [6, 6.07) is 25.9. The number of ether oxygens (including phenoxy) is 1. The van der Waals surface area contributed by atoms with Crippen molar-refractivity contribution in [2.75, 3.05) is 13.2 Å². The number of hydrogen-bond donors (Lipinski definition) is 2. The van der Waals surface area contributed by atoms with E-state index in [0.717, 1.165) is 5.56 Å². The lowest BCUT2D eigenvalue weighted by Gasteiger charge is -2.19. The minimum Gasteiger partial charge on any atom is -0.449 e. The molecule has 0 aliphatic heterocycles.